The number of hydrogen-bond donors (Lipinski definition) is 2. The van der Waals surface area contributed by atoms with Crippen LogP contribution in [0.15, 0.2) is 24.4 Å². The second kappa shape index (κ2) is 7.73. The molecule has 3 N–H and O–H groups in total. The first-order valence-corrected chi connectivity index (χ1v) is 9.47. The first kappa shape index (κ1) is 18.6. The number of primary amides is 1. The Kier molecular flexibility index (Phi) is 5.15. The van der Waals surface area contributed by atoms with Gasteiger partial charge in [-0.1, -0.05) is 23.7 Å². The topological polar surface area (TPSA) is 110 Å². The quantitative estimate of drug-likeness (QED) is 0.790. The van der Waals surface area contributed by atoms with Crippen molar-refractivity contribution in [2.24, 2.45) is 5.73 Å². The summed E-state index contributed by atoms with van der Waals surface area (Å²) in [6.45, 7) is 1.70. The Morgan fingerprint density at radius 2 is 2.14 bits per heavy atom. The Balaban J connectivity index is 1.60. The van der Waals surface area contributed by atoms with Crippen molar-refractivity contribution in [2.45, 2.75) is 25.4 Å². The van der Waals surface area contributed by atoms with Gasteiger partial charge in [-0.15, -0.1) is 0 Å². The van der Waals surface area contributed by atoms with Crippen molar-refractivity contribution in [3.05, 3.63) is 40.5 Å². The van der Waals surface area contributed by atoms with E-state index in [0.29, 0.717) is 42.0 Å². The van der Waals surface area contributed by atoms with Crippen LogP contribution in [0, 0.1) is 0 Å². The van der Waals surface area contributed by atoms with Gasteiger partial charge in [-0.3, -0.25) is 9.59 Å². The van der Waals surface area contributed by atoms with Crippen LogP contribution in [0.3, 0.4) is 0 Å². The van der Waals surface area contributed by atoms with Gasteiger partial charge in [-0.2, -0.15) is 0 Å². The summed E-state index contributed by atoms with van der Waals surface area (Å²) >= 11 is 6.33. The highest BCUT2D eigenvalue weighted by Crippen LogP contribution is 2.31. The number of rotatable bonds is 5. The maximum Gasteiger partial charge on any atom is 0.254 e. The van der Waals surface area contributed by atoms with Crippen LogP contribution in [0.5, 0.6) is 0 Å². The summed E-state index contributed by atoms with van der Waals surface area (Å²) in [7, 11) is 0. The molecule has 0 unspecified atom stereocenters. The number of fused-ring (bicyclic) bond motifs is 1. The molecule has 3 heterocycles. The fourth-order valence-corrected chi connectivity index (χ4v) is 3.69. The number of nitrogens with one attached hydrogen (secondary N) is 1. The van der Waals surface area contributed by atoms with Gasteiger partial charge in [0.2, 0.25) is 11.9 Å². The third-order valence-corrected chi connectivity index (χ3v) is 5.18. The number of benzene rings is 1. The molecule has 0 radical (unpaired) electrons. The summed E-state index contributed by atoms with van der Waals surface area (Å²) in [6, 6.07) is 5.73. The molecule has 8 nitrogen and oxygen atoms in total. The molecule has 0 spiro atoms. The monoisotopic (exact) mass is 401 g/mol. The summed E-state index contributed by atoms with van der Waals surface area (Å²) in [5, 5.41) is 3.72. The van der Waals surface area contributed by atoms with Crippen molar-refractivity contribution in [1.82, 2.24) is 14.9 Å². The second-order valence-electron chi connectivity index (χ2n) is 6.92. The Morgan fingerprint density at radius 1 is 1.36 bits per heavy atom. The van der Waals surface area contributed by atoms with Crippen molar-refractivity contribution in [3.63, 3.8) is 0 Å². The van der Waals surface area contributed by atoms with Crippen LogP contribution in [-0.2, 0) is 16.1 Å². The van der Waals surface area contributed by atoms with Gasteiger partial charge < -0.3 is 20.7 Å². The van der Waals surface area contributed by atoms with E-state index in [2.05, 4.69) is 15.3 Å². The molecule has 1 aromatic heterocycles. The van der Waals surface area contributed by atoms with E-state index in [-0.39, 0.29) is 18.5 Å². The van der Waals surface area contributed by atoms with E-state index in [1.165, 1.54) is 4.90 Å². The van der Waals surface area contributed by atoms with Gasteiger partial charge in [-0.25, -0.2) is 9.97 Å². The average Bonchev–Trinajstić information content (AvgIpc) is 2.99. The van der Waals surface area contributed by atoms with Crippen molar-refractivity contribution >= 4 is 29.4 Å². The zero-order chi connectivity index (χ0) is 19.7. The molecule has 2 aromatic rings. The van der Waals surface area contributed by atoms with Gasteiger partial charge in [0, 0.05) is 36.9 Å². The van der Waals surface area contributed by atoms with Gasteiger partial charge in [0.05, 0.1) is 23.5 Å². The smallest absolute Gasteiger partial charge is 0.254 e. The van der Waals surface area contributed by atoms with E-state index in [4.69, 9.17) is 22.1 Å². The van der Waals surface area contributed by atoms with Gasteiger partial charge >= 0.3 is 0 Å². The molecule has 1 saturated heterocycles. The van der Waals surface area contributed by atoms with Crippen LogP contribution in [0.1, 0.15) is 28.8 Å². The van der Waals surface area contributed by atoms with Crippen molar-refractivity contribution in [2.75, 3.05) is 25.1 Å². The number of amides is 2. The lowest BCUT2D eigenvalue weighted by Crippen LogP contribution is -2.33. The molecule has 0 aliphatic carbocycles. The van der Waals surface area contributed by atoms with Crippen LogP contribution in [0.25, 0.3) is 11.3 Å². The Morgan fingerprint density at radius 3 is 2.89 bits per heavy atom. The molecule has 1 aromatic carbocycles. The zero-order valence-corrected chi connectivity index (χ0v) is 15.9. The summed E-state index contributed by atoms with van der Waals surface area (Å²) in [5.41, 5.74) is 7.87. The maximum absolute atomic E-state index is 12.6. The van der Waals surface area contributed by atoms with Crippen molar-refractivity contribution in [1.29, 1.82) is 0 Å². The largest absolute Gasteiger partial charge is 0.381 e. The number of aromatic nitrogens is 2. The molecule has 2 amide bonds. The molecule has 2 aliphatic heterocycles. The molecular weight excluding hydrogens is 382 g/mol. The van der Waals surface area contributed by atoms with E-state index in [0.717, 1.165) is 24.0 Å². The first-order valence-electron chi connectivity index (χ1n) is 9.09. The van der Waals surface area contributed by atoms with Crippen LogP contribution in [0.2, 0.25) is 5.02 Å². The average molecular weight is 402 g/mol. The predicted molar refractivity (Wildman–Crippen MR) is 104 cm³/mol. The lowest BCUT2D eigenvalue weighted by molar-refractivity contribution is -0.118. The maximum atomic E-state index is 12.6. The molecule has 146 valence electrons. The molecule has 0 atom stereocenters. The minimum absolute atomic E-state index is 0.101. The van der Waals surface area contributed by atoms with E-state index < -0.39 is 5.91 Å². The van der Waals surface area contributed by atoms with Gasteiger partial charge in [0.25, 0.3) is 5.91 Å². The molecule has 0 bridgehead atoms. The van der Waals surface area contributed by atoms with Gasteiger partial charge in [0.15, 0.2) is 0 Å². The Labute approximate surface area is 167 Å². The summed E-state index contributed by atoms with van der Waals surface area (Å²) in [6.07, 6.45) is 3.34. The number of nitrogens with zero attached hydrogens (tertiary/aromatic N) is 3. The number of ether oxygens (including phenoxy) is 1. The van der Waals surface area contributed by atoms with Crippen LogP contribution in [-0.4, -0.2) is 52.5 Å². The fourth-order valence-electron chi connectivity index (χ4n) is 3.49. The fraction of sp³-hybridized carbons (Fsp3) is 0.368. The van der Waals surface area contributed by atoms with E-state index in [1.54, 1.807) is 12.3 Å². The van der Waals surface area contributed by atoms with E-state index in [1.807, 2.05) is 12.1 Å². The highest BCUT2D eigenvalue weighted by atomic mass is 35.5. The van der Waals surface area contributed by atoms with Gasteiger partial charge in [-0.05, 0) is 24.5 Å². The van der Waals surface area contributed by atoms with Crippen LogP contribution in [0.4, 0.5) is 5.95 Å². The number of hydrogen-bond acceptors (Lipinski definition) is 6. The Bertz CT molecular complexity index is 930. The Hall–Kier alpha value is -2.71. The van der Waals surface area contributed by atoms with E-state index >= 15 is 0 Å². The highest BCUT2D eigenvalue weighted by Gasteiger charge is 2.29. The highest BCUT2D eigenvalue weighted by molar-refractivity contribution is 6.33. The summed E-state index contributed by atoms with van der Waals surface area (Å²) in [5.74, 6) is -0.265. The number of nitrogens with two attached hydrogens (primary N) is 1. The number of carbonyl (C=O) groups is 2. The second-order valence-corrected chi connectivity index (χ2v) is 7.33. The molecule has 9 heteroatoms. The van der Waals surface area contributed by atoms with Crippen molar-refractivity contribution in [3.8, 4) is 11.3 Å². The predicted octanol–water partition coefficient (Wildman–Crippen LogP) is 1.83. The number of carbonyl (C=O) groups excluding carboxylic acids is 2. The molecule has 1 fully saturated rings. The lowest BCUT2D eigenvalue weighted by Gasteiger charge is -2.23. The standard InChI is InChI=1S/C19H20ClN5O3/c20-15-8-22-19(23-13-3-5-28-6-4-13)24-17(15)11-1-2-12-9-25(10-16(21)26)18(27)14(12)7-11/h1-2,7-8,13H,3-6,9-10H2,(H2,21,26)(H,22,23,24). The van der Waals surface area contributed by atoms with Crippen LogP contribution < -0.4 is 11.1 Å². The number of halogens is 1. The lowest BCUT2D eigenvalue weighted by atomic mass is 10.0. The first-order chi connectivity index (χ1) is 13.5. The third kappa shape index (κ3) is 3.79. The summed E-state index contributed by atoms with van der Waals surface area (Å²) < 4.78 is 5.37. The van der Waals surface area contributed by atoms with Crippen molar-refractivity contribution < 1.29 is 14.3 Å². The number of anilines is 1. The SMILES string of the molecule is NC(=O)CN1Cc2ccc(-c3nc(NC4CCOCC4)ncc3Cl)cc2C1=O. The molecule has 28 heavy (non-hydrogen) atoms. The third-order valence-electron chi connectivity index (χ3n) is 4.91. The van der Waals surface area contributed by atoms with Crippen LogP contribution >= 0.6 is 11.6 Å². The summed E-state index contributed by atoms with van der Waals surface area (Å²) in [4.78, 5) is 34.0. The normalized spacial score (nSPS) is 16.9. The molecule has 4 rings (SSSR count). The van der Waals surface area contributed by atoms with Gasteiger partial charge in [0.1, 0.15) is 0 Å². The minimum atomic E-state index is -0.538. The molecular formula is C19H20ClN5O3. The molecule has 2 aliphatic rings. The zero-order valence-electron chi connectivity index (χ0n) is 15.2. The van der Waals surface area contributed by atoms with E-state index in [9.17, 15) is 9.59 Å². The minimum Gasteiger partial charge on any atom is -0.381 e. The molecule has 0 saturated carbocycles.